The number of nitrogens with zero attached hydrogens (tertiary/aromatic N) is 4. The SMILES string of the molecule is COC(=O)C(C)(C)C(c1ccc(C)c(CN2Cc3cc(O)ccc3OS2(=O)=O)c1)c1ccc2c(nnn2CCCCCl)c1C. The summed E-state index contributed by atoms with van der Waals surface area (Å²) in [5.41, 5.74) is 5.50. The molecule has 234 valence electrons. The summed E-state index contributed by atoms with van der Waals surface area (Å²) in [6.07, 6.45) is 1.77. The third-order valence-corrected chi connectivity index (χ3v) is 9.98. The number of ether oxygens (including phenoxy) is 1. The quantitative estimate of drug-likeness (QED) is 0.132. The van der Waals surface area contributed by atoms with Gasteiger partial charge in [-0.25, -0.2) is 4.68 Å². The summed E-state index contributed by atoms with van der Waals surface area (Å²) >= 11 is 5.86. The number of hydrogen-bond donors (Lipinski definition) is 1. The number of hydrogen-bond acceptors (Lipinski definition) is 8. The number of aromatic nitrogens is 3. The van der Waals surface area contributed by atoms with Gasteiger partial charge in [0.25, 0.3) is 0 Å². The van der Waals surface area contributed by atoms with Crippen LogP contribution in [-0.4, -0.2) is 51.8 Å². The van der Waals surface area contributed by atoms with E-state index in [-0.39, 0.29) is 30.6 Å². The van der Waals surface area contributed by atoms with Crippen LogP contribution in [0.2, 0.25) is 0 Å². The molecule has 0 fully saturated rings. The van der Waals surface area contributed by atoms with Gasteiger partial charge < -0.3 is 14.0 Å². The maximum atomic E-state index is 13.3. The fourth-order valence-electron chi connectivity index (χ4n) is 5.95. The zero-order valence-corrected chi connectivity index (χ0v) is 27.1. The van der Waals surface area contributed by atoms with E-state index >= 15 is 0 Å². The second-order valence-electron chi connectivity index (χ2n) is 11.8. The highest BCUT2D eigenvalue weighted by molar-refractivity contribution is 7.84. The zero-order chi connectivity index (χ0) is 31.8. The molecule has 10 nitrogen and oxygen atoms in total. The minimum absolute atomic E-state index is 0.0280. The Morgan fingerprint density at radius 3 is 2.64 bits per heavy atom. The average Bonchev–Trinajstić information content (AvgIpc) is 3.39. The van der Waals surface area contributed by atoms with E-state index in [9.17, 15) is 18.3 Å². The molecule has 3 aromatic carbocycles. The van der Waals surface area contributed by atoms with E-state index in [0.29, 0.717) is 18.0 Å². The van der Waals surface area contributed by atoms with Crippen LogP contribution < -0.4 is 4.18 Å². The van der Waals surface area contributed by atoms with Gasteiger partial charge in [0.2, 0.25) is 0 Å². The van der Waals surface area contributed by atoms with Crippen molar-refractivity contribution < 1.29 is 27.2 Å². The van der Waals surface area contributed by atoms with Crippen molar-refractivity contribution in [1.82, 2.24) is 19.3 Å². The molecule has 5 rings (SSSR count). The molecule has 0 amide bonds. The van der Waals surface area contributed by atoms with E-state index in [1.165, 1.54) is 29.6 Å². The average molecular weight is 641 g/mol. The van der Waals surface area contributed by atoms with Crippen LogP contribution in [0.15, 0.2) is 48.5 Å². The summed E-state index contributed by atoms with van der Waals surface area (Å²) < 4.78 is 39.9. The van der Waals surface area contributed by atoms with Crippen LogP contribution in [0.4, 0.5) is 0 Å². The maximum absolute atomic E-state index is 13.3. The Kier molecular flexibility index (Phi) is 8.93. The van der Waals surface area contributed by atoms with E-state index in [4.69, 9.17) is 20.5 Å². The monoisotopic (exact) mass is 640 g/mol. The summed E-state index contributed by atoms with van der Waals surface area (Å²) in [6.45, 7) is 8.38. The van der Waals surface area contributed by atoms with Gasteiger partial charge in [0, 0.05) is 37.0 Å². The molecule has 44 heavy (non-hydrogen) atoms. The minimum atomic E-state index is -4.08. The Balaban J connectivity index is 1.57. The summed E-state index contributed by atoms with van der Waals surface area (Å²) in [5.74, 6) is -0.0116. The Bertz CT molecular complexity index is 1820. The molecule has 1 N–H and O–H groups in total. The lowest BCUT2D eigenvalue weighted by molar-refractivity contribution is -0.151. The van der Waals surface area contributed by atoms with Gasteiger partial charge in [0.1, 0.15) is 17.0 Å². The van der Waals surface area contributed by atoms with Crippen LogP contribution in [0, 0.1) is 19.3 Å². The number of methoxy groups -OCH3 is 1. The Morgan fingerprint density at radius 2 is 1.91 bits per heavy atom. The number of carbonyl (C=O) groups is 1. The molecule has 2 heterocycles. The van der Waals surface area contributed by atoms with Crippen LogP contribution in [0.25, 0.3) is 11.0 Å². The number of aryl methyl sites for hydroxylation is 3. The van der Waals surface area contributed by atoms with Gasteiger partial charge in [-0.05, 0) is 92.6 Å². The number of phenolic OH excluding ortho intramolecular Hbond substituents is 1. The normalized spacial score (nSPS) is 15.5. The van der Waals surface area contributed by atoms with Crippen molar-refractivity contribution in [3.05, 3.63) is 81.9 Å². The number of alkyl halides is 1. The van der Waals surface area contributed by atoms with Crippen molar-refractivity contribution in [2.75, 3.05) is 13.0 Å². The lowest BCUT2D eigenvalue weighted by atomic mass is 9.69. The number of rotatable bonds is 10. The second-order valence-corrected chi connectivity index (χ2v) is 13.7. The van der Waals surface area contributed by atoms with Crippen LogP contribution in [0.1, 0.15) is 66.0 Å². The summed E-state index contributed by atoms with van der Waals surface area (Å²) in [6, 6.07) is 14.2. The molecule has 1 unspecified atom stereocenters. The summed E-state index contributed by atoms with van der Waals surface area (Å²) in [7, 11) is -2.70. The maximum Gasteiger partial charge on any atom is 0.385 e. The lowest BCUT2D eigenvalue weighted by Crippen LogP contribution is -2.37. The van der Waals surface area contributed by atoms with Gasteiger partial charge in [-0.1, -0.05) is 29.5 Å². The first-order chi connectivity index (χ1) is 20.9. The van der Waals surface area contributed by atoms with Crippen molar-refractivity contribution in [2.45, 2.75) is 66.1 Å². The standard InChI is InChI=1S/C32H37ClN4O6S/c1-20-8-9-22(16-23(20)18-36-19-24-17-25(38)10-13-28(24)43-44(36,40)41)29(32(3,4)31(39)42-5)26-11-12-27-30(21(26)2)34-35-37(27)15-7-6-14-33/h8-13,16-17,29,38H,6-7,14-15,18-19H2,1-5H3. The second kappa shape index (κ2) is 12.4. The first kappa shape index (κ1) is 31.7. The van der Waals surface area contributed by atoms with Gasteiger partial charge in [-0.15, -0.1) is 16.7 Å². The molecule has 1 aliphatic heterocycles. The van der Waals surface area contributed by atoms with Gasteiger partial charge in [-0.3, -0.25) is 4.79 Å². The molecule has 0 aliphatic carbocycles. The number of unbranched alkanes of at least 4 members (excludes halogenated alkanes) is 1. The number of phenols is 1. The van der Waals surface area contributed by atoms with E-state index < -0.39 is 21.6 Å². The molecule has 1 aliphatic rings. The van der Waals surface area contributed by atoms with Crippen molar-refractivity contribution in [3.63, 3.8) is 0 Å². The van der Waals surface area contributed by atoms with Crippen molar-refractivity contribution >= 4 is 38.9 Å². The van der Waals surface area contributed by atoms with Crippen LogP contribution in [0.5, 0.6) is 11.5 Å². The largest absolute Gasteiger partial charge is 0.508 e. The molecule has 0 saturated carbocycles. The van der Waals surface area contributed by atoms with Crippen molar-refractivity contribution in [1.29, 1.82) is 0 Å². The van der Waals surface area contributed by atoms with E-state index in [2.05, 4.69) is 10.3 Å². The van der Waals surface area contributed by atoms with Crippen molar-refractivity contribution in [3.8, 4) is 11.5 Å². The molecule has 1 aromatic heterocycles. The van der Waals surface area contributed by atoms with E-state index in [1.54, 1.807) is 0 Å². The molecule has 4 aromatic rings. The molecular weight excluding hydrogens is 604 g/mol. The zero-order valence-electron chi connectivity index (χ0n) is 25.5. The Morgan fingerprint density at radius 1 is 1.14 bits per heavy atom. The highest BCUT2D eigenvalue weighted by Crippen LogP contribution is 2.45. The molecule has 12 heteroatoms. The minimum Gasteiger partial charge on any atom is -0.508 e. The topological polar surface area (TPSA) is 124 Å². The van der Waals surface area contributed by atoms with Crippen LogP contribution >= 0.6 is 11.6 Å². The highest BCUT2D eigenvalue weighted by atomic mass is 35.5. The third-order valence-electron chi connectivity index (χ3n) is 8.44. The first-order valence-corrected chi connectivity index (χ1v) is 16.3. The Hall–Kier alpha value is -3.67. The van der Waals surface area contributed by atoms with Gasteiger partial charge in [0.05, 0.1) is 18.0 Å². The predicted octanol–water partition coefficient (Wildman–Crippen LogP) is 5.74. The molecule has 0 saturated heterocycles. The van der Waals surface area contributed by atoms with Gasteiger partial charge in [-0.2, -0.15) is 12.7 Å². The van der Waals surface area contributed by atoms with E-state index in [1.807, 2.05) is 62.7 Å². The highest BCUT2D eigenvalue weighted by Gasteiger charge is 2.41. The molecule has 0 bridgehead atoms. The number of benzene rings is 3. The predicted molar refractivity (Wildman–Crippen MR) is 168 cm³/mol. The van der Waals surface area contributed by atoms with Gasteiger partial charge in [0.15, 0.2) is 0 Å². The van der Waals surface area contributed by atoms with Crippen molar-refractivity contribution in [2.24, 2.45) is 5.41 Å². The lowest BCUT2D eigenvalue weighted by Gasteiger charge is -2.34. The molecule has 0 spiro atoms. The first-order valence-electron chi connectivity index (χ1n) is 14.4. The number of halogens is 1. The van der Waals surface area contributed by atoms with Gasteiger partial charge >= 0.3 is 16.3 Å². The number of carbonyl (C=O) groups excluding carboxylic acids is 1. The fourth-order valence-corrected chi connectivity index (χ4v) is 7.23. The molecule has 0 radical (unpaired) electrons. The molecule has 1 atom stereocenters. The fraction of sp³-hybridized carbons (Fsp3) is 0.406. The summed E-state index contributed by atoms with van der Waals surface area (Å²) in [4.78, 5) is 13.3. The van der Waals surface area contributed by atoms with Crippen LogP contribution in [0.3, 0.4) is 0 Å². The smallest absolute Gasteiger partial charge is 0.385 e. The number of esters is 1. The van der Waals surface area contributed by atoms with Crippen LogP contribution in [-0.2, 0) is 39.5 Å². The molecular formula is C32H37ClN4O6S. The number of fused-ring (bicyclic) bond motifs is 2. The summed E-state index contributed by atoms with van der Waals surface area (Å²) in [5, 5.41) is 18.8. The van der Waals surface area contributed by atoms with E-state index in [0.717, 1.165) is 51.7 Å². The Labute approximate surface area is 262 Å². The number of aromatic hydroxyl groups is 1. The third kappa shape index (κ3) is 6.00.